The molecule has 1 rings (SSSR count). The summed E-state index contributed by atoms with van der Waals surface area (Å²) in [5.41, 5.74) is 1.32. The second kappa shape index (κ2) is 8.33. The van der Waals surface area contributed by atoms with Crippen LogP contribution in [0.4, 0.5) is 0 Å². The zero-order valence-corrected chi connectivity index (χ0v) is 13.1. The van der Waals surface area contributed by atoms with Gasteiger partial charge in [0.1, 0.15) is 5.75 Å². The summed E-state index contributed by atoms with van der Waals surface area (Å²) < 4.78 is 16.4. The average Bonchev–Trinajstić information content (AvgIpc) is 2.42. The average molecular weight is 283 g/mol. The van der Waals surface area contributed by atoms with E-state index in [-0.39, 0.29) is 5.25 Å². The van der Waals surface area contributed by atoms with Crippen LogP contribution in [0.5, 0.6) is 5.75 Å². The van der Waals surface area contributed by atoms with Crippen molar-refractivity contribution in [3.05, 3.63) is 29.8 Å². The van der Waals surface area contributed by atoms with Crippen LogP contribution in [0.1, 0.15) is 25.8 Å². The first-order valence-corrected chi connectivity index (χ1v) is 8.33. The number of ether oxygens (including phenoxy) is 1. The van der Waals surface area contributed by atoms with Crippen LogP contribution in [-0.4, -0.2) is 35.4 Å². The topological polar surface area (TPSA) is 38.3 Å². The summed E-state index contributed by atoms with van der Waals surface area (Å²) >= 11 is 0. The molecule has 0 amide bonds. The predicted molar refractivity (Wildman–Crippen MR) is 82.3 cm³/mol. The summed E-state index contributed by atoms with van der Waals surface area (Å²) in [7, 11) is 0.934. The highest BCUT2D eigenvalue weighted by molar-refractivity contribution is 7.84. The van der Waals surface area contributed by atoms with Crippen LogP contribution in [0, 0.1) is 0 Å². The number of rotatable bonds is 8. The van der Waals surface area contributed by atoms with E-state index < -0.39 is 10.8 Å². The van der Waals surface area contributed by atoms with E-state index in [0.717, 1.165) is 25.1 Å². The molecule has 0 saturated heterocycles. The first kappa shape index (κ1) is 16.2. The molecule has 0 aliphatic rings. The minimum Gasteiger partial charge on any atom is -0.497 e. The van der Waals surface area contributed by atoms with E-state index in [1.54, 1.807) is 13.4 Å². The van der Waals surface area contributed by atoms with Crippen LogP contribution in [0.3, 0.4) is 0 Å². The maximum Gasteiger partial charge on any atom is 0.118 e. The van der Waals surface area contributed by atoms with Gasteiger partial charge in [-0.1, -0.05) is 12.1 Å². The third kappa shape index (κ3) is 6.21. The molecule has 4 heteroatoms. The van der Waals surface area contributed by atoms with Gasteiger partial charge in [0.25, 0.3) is 0 Å². The van der Waals surface area contributed by atoms with Crippen molar-refractivity contribution in [3.63, 3.8) is 0 Å². The van der Waals surface area contributed by atoms with E-state index in [4.69, 9.17) is 4.74 Å². The molecule has 1 aromatic rings. The Kier molecular flexibility index (Phi) is 7.10. The van der Waals surface area contributed by atoms with E-state index in [0.29, 0.717) is 6.04 Å². The number of aryl methyl sites for hydroxylation is 1. The minimum absolute atomic E-state index is 0.212. The molecule has 0 fully saturated rings. The molecular formula is C15H25NO2S. The maximum atomic E-state index is 11.3. The number of nitrogens with one attached hydrogen (secondary N) is 1. The summed E-state index contributed by atoms with van der Waals surface area (Å²) in [6.45, 7) is 5.00. The van der Waals surface area contributed by atoms with Crippen LogP contribution >= 0.6 is 0 Å². The van der Waals surface area contributed by atoms with Crippen molar-refractivity contribution >= 4 is 10.8 Å². The molecule has 3 atom stereocenters. The van der Waals surface area contributed by atoms with Gasteiger partial charge in [0.2, 0.25) is 0 Å². The highest BCUT2D eigenvalue weighted by atomic mass is 32.2. The van der Waals surface area contributed by atoms with Crippen molar-refractivity contribution in [1.82, 2.24) is 5.32 Å². The summed E-state index contributed by atoms with van der Waals surface area (Å²) in [4.78, 5) is 0. The van der Waals surface area contributed by atoms with Crippen molar-refractivity contribution in [2.24, 2.45) is 0 Å². The first-order chi connectivity index (χ1) is 9.02. The number of benzene rings is 1. The van der Waals surface area contributed by atoms with Crippen molar-refractivity contribution in [3.8, 4) is 5.75 Å². The van der Waals surface area contributed by atoms with Gasteiger partial charge >= 0.3 is 0 Å². The lowest BCUT2D eigenvalue weighted by Gasteiger charge is -2.16. The van der Waals surface area contributed by atoms with Gasteiger partial charge < -0.3 is 10.1 Å². The lowest BCUT2D eigenvalue weighted by Crippen LogP contribution is -2.34. The molecule has 0 aromatic heterocycles. The first-order valence-electron chi connectivity index (χ1n) is 6.71. The lowest BCUT2D eigenvalue weighted by molar-refractivity contribution is 0.414. The Hall–Kier alpha value is -0.870. The second-order valence-corrected chi connectivity index (χ2v) is 6.81. The van der Waals surface area contributed by atoms with E-state index in [1.165, 1.54) is 5.56 Å². The van der Waals surface area contributed by atoms with Crippen LogP contribution in [-0.2, 0) is 17.2 Å². The van der Waals surface area contributed by atoms with Gasteiger partial charge in [-0.3, -0.25) is 4.21 Å². The van der Waals surface area contributed by atoms with Gasteiger partial charge in [0.05, 0.1) is 7.11 Å². The fourth-order valence-corrected chi connectivity index (χ4v) is 2.09. The highest BCUT2D eigenvalue weighted by Crippen LogP contribution is 2.13. The van der Waals surface area contributed by atoms with Gasteiger partial charge in [-0.2, -0.15) is 0 Å². The van der Waals surface area contributed by atoms with E-state index in [1.807, 2.05) is 19.1 Å². The zero-order valence-electron chi connectivity index (χ0n) is 12.3. The maximum absolute atomic E-state index is 11.3. The van der Waals surface area contributed by atoms with Gasteiger partial charge in [0, 0.05) is 34.9 Å². The molecule has 0 aliphatic carbocycles. The Bertz CT molecular complexity index is 392. The standard InChI is InChI=1S/C15H25NO2S/c1-12(16-11-13(2)19(4)17)5-6-14-7-9-15(18-3)10-8-14/h7-10,12-13,16H,5-6,11H2,1-4H3. The third-order valence-corrected chi connectivity index (χ3v) is 4.65. The number of methoxy groups -OCH3 is 1. The van der Waals surface area contributed by atoms with Crippen LogP contribution in [0.15, 0.2) is 24.3 Å². The van der Waals surface area contributed by atoms with E-state index >= 15 is 0 Å². The van der Waals surface area contributed by atoms with Crippen molar-refractivity contribution in [1.29, 1.82) is 0 Å². The molecule has 0 aliphatic heterocycles. The van der Waals surface area contributed by atoms with Crippen molar-refractivity contribution in [2.45, 2.75) is 38.0 Å². The summed E-state index contributed by atoms with van der Waals surface area (Å²) in [5.74, 6) is 0.897. The molecule has 108 valence electrons. The Labute approximate surface area is 119 Å². The summed E-state index contributed by atoms with van der Waals surface area (Å²) in [6.07, 6.45) is 3.88. The lowest BCUT2D eigenvalue weighted by atomic mass is 10.1. The SMILES string of the molecule is COc1ccc(CCC(C)NCC(C)S(C)=O)cc1. The Morgan fingerprint density at radius 3 is 2.42 bits per heavy atom. The second-order valence-electron chi connectivity index (χ2n) is 5.01. The monoisotopic (exact) mass is 283 g/mol. The zero-order chi connectivity index (χ0) is 14.3. The fourth-order valence-electron chi connectivity index (χ4n) is 1.76. The molecule has 0 spiro atoms. The fraction of sp³-hybridized carbons (Fsp3) is 0.600. The van der Waals surface area contributed by atoms with Crippen LogP contribution in [0.25, 0.3) is 0 Å². The van der Waals surface area contributed by atoms with Crippen molar-refractivity contribution < 1.29 is 8.95 Å². The van der Waals surface area contributed by atoms with Gasteiger partial charge in [-0.05, 0) is 44.4 Å². The molecule has 1 N–H and O–H groups in total. The van der Waals surface area contributed by atoms with E-state index in [9.17, 15) is 4.21 Å². The number of hydrogen-bond acceptors (Lipinski definition) is 3. The largest absolute Gasteiger partial charge is 0.497 e. The van der Waals surface area contributed by atoms with Crippen LogP contribution in [0.2, 0.25) is 0 Å². The third-order valence-electron chi connectivity index (χ3n) is 3.35. The van der Waals surface area contributed by atoms with Gasteiger partial charge in [0.15, 0.2) is 0 Å². The predicted octanol–water partition coefficient (Wildman–Crippen LogP) is 2.37. The molecule has 0 heterocycles. The Morgan fingerprint density at radius 2 is 1.89 bits per heavy atom. The molecule has 19 heavy (non-hydrogen) atoms. The quantitative estimate of drug-likeness (QED) is 0.796. The number of hydrogen-bond donors (Lipinski definition) is 1. The molecule has 3 unspecified atom stereocenters. The molecule has 1 aromatic carbocycles. The molecule has 0 bridgehead atoms. The molecule has 3 nitrogen and oxygen atoms in total. The molecular weight excluding hydrogens is 258 g/mol. The normalized spacial score (nSPS) is 15.8. The minimum atomic E-state index is -0.747. The molecule has 0 radical (unpaired) electrons. The van der Waals surface area contributed by atoms with Gasteiger partial charge in [-0.25, -0.2) is 0 Å². The summed E-state index contributed by atoms with van der Waals surface area (Å²) in [6, 6.07) is 8.64. The van der Waals surface area contributed by atoms with Gasteiger partial charge in [-0.15, -0.1) is 0 Å². The van der Waals surface area contributed by atoms with E-state index in [2.05, 4.69) is 24.4 Å². The molecule has 0 saturated carbocycles. The Balaban J connectivity index is 2.29. The van der Waals surface area contributed by atoms with Crippen LogP contribution < -0.4 is 10.1 Å². The smallest absolute Gasteiger partial charge is 0.118 e. The highest BCUT2D eigenvalue weighted by Gasteiger charge is 2.08. The summed E-state index contributed by atoms with van der Waals surface area (Å²) in [5, 5.41) is 3.65. The Morgan fingerprint density at radius 1 is 1.26 bits per heavy atom. The van der Waals surface area contributed by atoms with Crippen molar-refractivity contribution in [2.75, 3.05) is 19.9 Å².